The summed E-state index contributed by atoms with van der Waals surface area (Å²) in [6.07, 6.45) is 0. The van der Waals surface area contributed by atoms with E-state index >= 15 is 0 Å². The van der Waals surface area contributed by atoms with Crippen LogP contribution in [0.2, 0.25) is 0 Å². The standard InChI is InChI=1S/C3H9NO3S/c1-7-2-3-8(4,5)6/h2-3H2,1H3,(H2,4,5,6). The Morgan fingerprint density at radius 3 is 2.25 bits per heavy atom. The van der Waals surface area contributed by atoms with Crippen LogP contribution in [0, 0.1) is 0 Å². The van der Waals surface area contributed by atoms with E-state index in [4.69, 9.17) is 0 Å². The monoisotopic (exact) mass is 139 g/mol. The molecule has 2 N–H and O–H groups in total. The van der Waals surface area contributed by atoms with E-state index in [-0.39, 0.29) is 12.4 Å². The van der Waals surface area contributed by atoms with Gasteiger partial charge >= 0.3 is 0 Å². The second kappa shape index (κ2) is 3.01. The van der Waals surface area contributed by atoms with Gasteiger partial charge in [0, 0.05) is 7.11 Å². The lowest BCUT2D eigenvalue weighted by Gasteiger charge is -1.93. The SMILES string of the molecule is COCCS(N)(=O)=O. The molecule has 0 fully saturated rings. The van der Waals surface area contributed by atoms with Gasteiger partial charge in [0.05, 0.1) is 12.4 Å². The predicted molar refractivity (Wildman–Crippen MR) is 29.9 cm³/mol. The van der Waals surface area contributed by atoms with Crippen molar-refractivity contribution in [1.82, 2.24) is 0 Å². The number of primary sulfonamides is 1. The number of ether oxygens (including phenoxy) is 1. The van der Waals surface area contributed by atoms with Crippen molar-refractivity contribution < 1.29 is 13.2 Å². The lowest BCUT2D eigenvalue weighted by Crippen LogP contribution is -2.19. The maximum absolute atomic E-state index is 10.1. The Bertz CT molecular complexity index is 139. The third-order valence-corrected chi connectivity index (χ3v) is 1.31. The van der Waals surface area contributed by atoms with Crippen molar-refractivity contribution in [3.05, 3.63) is 0 Å². The molecule has 0 heterocycles. The van der Waals surface area contributed by atoms with Crippen LogP contribution in [0.3, 0.4) is 0 Å². The van der Waals surface area contributed by atoms with E-state index in [1.807, 2.05) is 0 Å². The first-order valence-corrected chi connectivity index (χ1v) is 3.77. The van der Waals surface area contributed by atoms with E-state index in [1.165, 1.54) is 7.11 Å². The molecule has 0 bridgehead atoms. The summed E-state index contributed by atoms with van der Waals surface area (Å²) in [5, 5.41) is 4.61. The summed E-state index contributed by atoms with van der Waals surface area (Å²) in [7, 11) is -1.89. The Morgan fingerprint density at radius 1 is 1.62 bits per heavy atom. The highest BCUT2D eigenvalue weighted by atomic mass is 32.2. The number of hydrogen-bond acceptors (Lipinski definition) is 3. The molecule has 0 aliphatic heterocycles. The molecule has 50 valence electrons. The first-order chi connectivity index (χ1) is 3.56. The molecule has 0 atom stereocenters. The molecule has 0 aromatic rings. The Labute approximate surface area is 48.7 Å². The van der Waals surface area contributed by atoms with Crippen LogP contribution in [0.25, 0.3) is 0 Å². The van der Waals surface area contributed by atoms with Gasteiger partial charge in [0.1, 0.15) is 0 Å². The largest absolute Gasteiger partial charge is 0.384 e. The maximum Gasteiger partial charge on any atom is 0.211 e. The predicted octanol–water partition coefficient (Wildman–Crippen LogP) is -1.08. The molecule has 0 unspecified atom stereocenters. The number of methoxy groups -OCH3 is 1. The molecule has 0 saturated heterocycles. The number of rotatable bonds is 3. The van der Waals surface area contributed by atoms with E-state index < -0.39 is 10.0 Å². The van der Waals surface area contributed by atoms with E-state index in [9.17, 15) is 8.42 Å². The average Bonchev–Trinajstić information content (AvgIpc) is 1.59. The Morgan fingerprint density at radius 2 is 2.12 bits per heavy atom. The lowest BCUT2D eigenvalue weighted by atomic mass is 10.9. The summed E-state index contributed by atoms with van der Waals surface area (Å²) in [5.74, 6) is -0.108. The van der Waals surface area contributed by atoms with Gasteiger partial charge < -0.3 is 4.74 Å². The molecule has 0 aromatic carbocycles. The molecule has 0 spiro atoms. The van der Waals surface area contributed by atoms with Gasteiger partial charge in [-0.1, -0.05) is 0 Å². The third kappa shape index (κ3) is 5.87. The Hall–Kier alpha value is -0.130. The fourth-order valence-corrected chi connectivity index (χ4v) is 0.598. The van der Waals surface area contributed by atoms with Gasteiger partial charge in [-0.2, -0.15) is 0 Å². The number of nitrogens with two attached hydrogens (primary N) is 1. The van der Waals surface area contributed by atoms with Crippen LogP contribution < -0.4 is 5.14 Å². The van der Waals surface area contributed by atoms with Crippen molar-refractivity contribution in [2.24, 2.45) is 5.14 Å². The molecule has 4 nitrogen and oxygen atoms in total. The van der Waals surface area contributed by atoms with Crippen molar-refractivity contribution in [3.63, 3.8) is 0 Å². The molecule has 0 aliphatic rings. The summed E-state index contributed by atoms with van der Waals surface area (Å²) >= 11 is 0. The molecular weight excluding hydrogens is 130 g/mol. The Kier molecular flexibility index (Phi) is 2.96. The van der Waals surface area contributed by atoms with E-state index in [0.29, 0.717) is 0 Å². The molecule has 5 heteroatoms. The van der Waals surface area contributed by atoms with Gasteiger partial charge in [-0.05, 0) is 0 Å². The van der Waals surface area contributed by atoms with Crippen LogP contribution in [0.1, 0.15) is 0 Å². The second-order valence-corrected chi connectivity index (χ2v) is 3.09. The minimum absolute atomic E-state index is 0.108. The van der Waals surface area contributed by atoms with E-state index in [2.05, 4.69) is 9.88 Å². The fraction of sp³-hybridized carbons (Fsp3) is 1.00. The summed E-state index contributed by atoms with van der Waals surface area (Å²) in [6.45, 7) is 0.166. The van der Waals surface area contributed by atoms with Crippen LogP contribution >= 0.6 is 0 Å². The van der Waals surface area contributed by atoms with Crippen molar-refractivity contribution in [1.29, 1.82) is 0 Å². The second-order valence-electron chi connectivity index (χ2n) is 1.36. The zero-order valence-corrected chi connectivity index (χ0v) is 5.44. The molecule has 0 radical (unpaired) electrons. The van der Waals surface area contributed by atoms with Crippen molar-refractivity contribution in [2.45, 2.75) is 0 Å². The van der Waals surface area contributed by atoms with Crippen molar-refractivity contribution >= 4 is 10.0 Å². The first-order valence-electron chi connectivity index (χ1n) is 2.05. The van der Waals surface area contributed by atoms with E-state index in [1.54, 1.807) is 0 Å². The molecule has 0 rings (SSSR count). The van der Waals surface area contributed by atoms with Crippen LogP contribution in [0.5, 0.6) is 0 Å². The third-order valence-electron chi connectivity index (χ3n) is 0.572. The lowest BCUT2D eigenvalue weighted by molar-refractivity contribution is 0.217. The van der Waals surface area contributed by atoms with Crippen molar-refractivity contribution in [3.8, 4) is 0 Å². The minimum atomic E-state index is -3.31. The van der Waals surface area contributed by atoms with Crippen LogP contribution in [-0.2, 0) is 14.8 Å². The highest BCUT2D eigenvalue weighted by Gasteiger charge is 1.98. The van der Waals surface area contributed by atoms with Gasteiger partial charge in [-0.3, -0.25) is 0 Å². The molecular formula is C3H9NO3S. The first kappa shape index (κ1) is 7.87. The van der Waals surface area contributed by atoms with Gasteiger partial charge in [0.15, 0.2) is 0 Å². The zero-order valence-electron chi connectivity index (χ0n) is 4.62. The van der Waals surface area contributed by atoms with Gasteiger partial charge in [0.2, 0.25) is 10.0 Å². The zero-order chi connectivity index (χ0) is 6.62. The maximum atomic E-state index is 10.1. The molecule has 0 amide bonds. The molecule has 0 saturated carbocycles. The topological polar surface area (TPSA) is 69.4 Å². The quantitative estimate of drug-likeness (QED) is 0.540. The fourth-order valence-electron chi connectivity index (χ4n) is 0.199. The Balaban J connectivity index is 3.42. The highest BCUT2D eigenvalue weighted by Crippen LogP contribution is 1.75. The van der Waals surface area contributed by atoms with Crippen LogP contribution in [-0.4, -0.2) is 27.9 Å². The minimum Gasteiger partial charge on any atom is -0.384 e. The van der Waals surface area contributed by atoms with Gasteiger partial charge in [-0.25, -0.2) is 13.6 Å². The highest BCUT2D eigenvalue weighted by molar-refractivity contribution is 7.89. The summed E-state index contributed by atoms with van der Waals surface area (Å²) in [4.78, 5) is 0. The molecule has 0 aliphatic carbocycles. The van der Waals surface area contributed by atoms with Crippen LogP contribution in [0.15, 0.2) is 0 Å². The van der Waals surface area contributed by atoms with E-state index in [0.717, 1.165) is 0 Å². The normalized spacial score (nSPS) is 11.8. The number of sulfonamides is 1. The summed E-state index contributed by atoms with van der Waals surface area (Å²) in [6, 6.07) is 0. The van der Waals surface area contributed by atoms with Gasteiger partial charge in [0.25, 0.3) is 0 Å². The smallest absolute Gasteiger partial charge is 0.211 e. The van der Waals surface area contributed by atoms with Gasteiger partial charge in [-0.15, -0.1) is 0 Å². The van der Waals surface area contributed by atoms with Crippen LogP contribution in [0.4, 0.5) is 0 Å². The molecule has 0 aromatic heterocycles. The summed E-state index contributed by atoms with van der Waals surface area (Å²) < 4.78 is 24.6. The van der Waals surface area contributed by atoms with Crippen molar-refractivity contribution in [2.75, 3.05) is 19.5 Å². The summed E-state index contributed by atoms with van der Waals surface area (Å²) in [5.41, 5.74) is 0. The average molecular weight is 139 g/mol. The number of hydrogen-bond donors (Lipinski definition) is 1. The molecule has 8 heavy (non-hydrogen) atoms.